The van der Waals surface area contributed by atoms with Gasteiger partial charge in [-0.1, -0.05) is 6.07 Å². The molecule has 1 aromatic rings. The second-order valence-electron chi connectivity index (χ2n) is 6.17. The van der Waals surface area contributed by atoms with E-state index in [4.69, 9.17) is 5.73 Å². The van der Waals surface area contributed by atoms with Gasteiger partial charge in [-0.15, -0.1) is 0 Å². The van der Waals surface area contributed by atoms with Gasteiger partial charge in [0.25, 0.3) is 0 Å². The van der Waals surface area contributed by atoms with Crippen molar-refractivity contribution in [3.05, 3.63) is 29.3 Å². The molecule has 4 N–H and O–H groups in total. The summed E-state index contributed by atoms with van der Waals surface area (Å²) in [6.07, 6.45) is 2.14. The number of hydrogen-bond donors (Lipinski definition) is 3. The minimum Gasteiger partial charge on any atom is -0.399 e. The highest BCUT2D eigenvalue weighted by Gasteiger charge is 2.26. The molecule has 0 aliphatic heterocycles. The van der Waals surface area contributed by atoms with E-state index in [0.717, 1.165) is 18.5 Å². The Bertz CT molecular complexity index is 443. The van der Waals surface area contributed by atoms with E-state index in [0.29, 0.717) is 19.1 Å². The van der Waals surface area contributed by atoms with Crippen molar-refractivity contribution in [3.8, 4) is 0 Å². The van der Waals surface area contributed by atoms with Gasteiger partial charge in [0.05, 0.1) is 5.60 Å². The van der Waals surface area contributed by atoms with Crippen LogP contribution in [0.2, 0.25) is 0 Å². The lowest BCUT2D eigenvalue weighted by Crippen LogP contribution is -2.46. The first kappa shape index (κ1) is 14.3. The van der Waals surface area contributed by atoms with Gasteiger partial charge in [0.1, 0.15) is 0 Å². The van der Waals surface area contributed by atoms with Crippen molar-refractivity contribution in [3.63, 3.8) is 0 Å². The van der Waals surface area contributed by atoms with Gasteiger partial charge in [-0.2, -0.15) is 0 Å². The molecule has 2 atom stereocenters. The number of fused-ring (bicyclic) bond motifs is 1. The lowest BCUT2D eigenvalue weighted by molar-refractivity contribution is 0.0313. The lowest BCUT2D eigenvalue weighted by atomic mass is 10.0. The van der Waals surface area contributed by atoms with Crippen molar-refractivity contribution >= 4 is 5.69 Å². The van der Waals surface area contributed by atoms with Crippen molar-refractivity contribution in [1.29, 1.82) is 0 Å². The fourth-order valence-corrected chi connectivity index (χ4v) is 2.93. The van der Waals surface area contributed by atoms with E-state index in [1.165, 1.54) is 11.1 Å². The number of nitrogens with one attached hydrogen (secondary N) is 1. The van der Waals surface area contributed by atoms with Crippen LogP contribution in [-0.2, 0) is 6.42 Å². The van der Waals surface area contributed by atoms with Gasteiger partial charge >= 0.3 is 0 Å². The Labute approximate surface area is 115 Å². The summed E-state index contributed by atoms with van der Waals surface area (Å²) in [6.45, 7) is 3.12. The summed E-state index contributed by atoms with van der Waals surface area (Å²) in [5.74, 6) is 0. The molecule has 0 amide bonds. The van der Waals surface area contributed by atoms with Crippen LogP contribution in [0.15, 0.2) is 18.2 Å². The molecule has 0 bridgehead atoms. The SMILES string of the molecule is CN(C)CC(C)(O)CNC1CCc2cc(N)ccc21. The molecule has 0 radical (unpaired) electrons. The topological polar surface area (TPSA) is 61.5 Å². The van der Waals surface area contributed by atoms with Crippen LogP contribution in [0.3, 0.4) is 0 Å². The summed E-state index contributed by atoms with van der Waals surface area (Å²) in [5, 5.41) is 13.8. The van der Waals surface area contributed by atoms with Gasteiger partial charge in [-0.25, -0.2) is 0 Å². The van der Waals surface area contributed by atoms with Gasteiger partial charge in [0.2, 0.25) is 0 Å². The predicted octanol–water partition coefficient (Wildman–Crippen LogP) is 1.16. The fourth-order valence-electron chi connectivity index (χ4n) is 2.93. The van der Waals surface area contributed by atoms with Gasteiger partial charge in [-0.3, -0.25) is 0 Å². The van der Waals surface area contributed by atoms with Gasteiger partial charge in [0, 0.05) is 24.8 Å². The largest absolute Gasteiger partial charge is 0.399 e. The number of likely N-dealkylation sites (N-methyl/N-ethyl adjacent to an activating group) is 1. The molecule has 0 saturated heterocycles. The quantitative estimate of drug-likeness (QED) is 0.698. The molecule has 0 aromatic heterocycles. The molecule has 0 heterocycles. The second-order valence-corrected chi connectivity index (χ2v) is 6.17. The maximum Gasteiger partial charge on any atom is 0.0869 e. The molecular formula is C15H25N3O. The smallest absolute Gasteiger partial charge is 0.0869 e. The van der Waals surface area contributed by atoms with E-state index >= 15 is 0 Å². The maximum absolute atomic E-state index is 10.3. The molecular weight excluding hydrogens is 238 g/mol. The molecule has 4 heteroatoms. The second kappa shape index (κ2) is 5.49. The molecule has 2 rings (SSSR count). The first-order chi connectivity index (χ1) is 8.87. The molecule has 2 unspecified atom stereocenters. The highest BCUT2D eigenvalue weighted by molar-refractivity contribution is 5.47. The normalized spacial score (nSPS) is 21.4. The third-order valence-electron chi connectivity index (χ3n) is 3.63. The Hall–Kier alpha value is -1.10. The molecule has 106 valence electrons. The van der Waals surface area contributed by atoms with Gasteiger partial charge < -0.3 is 21.1 Å². The summed E-state index contributed by atoms with van der Waals surface area (Å²) >= 11 is 0. The number of nitrogen functional groups attached to an aromatic ring is 1. The number of nitrogens with two attached hydrogens (primary N) is 1. The summed E-state index contributed by atoms with van der Waals surface area (Å²) in [5.41, 5.74) is 8.60. The zero-order valence-corrected chi connectivity index (χ0v) is 12.1. The van der Waals surface area contributed by atoms with E-state index < -0.39 is 5.60 Å². The zero-order valence-electron chi connectivity index (χ0n) is 12.1. The van der Waals surface area contributed by atoms with Crippen molar-refractivity contribution < 1.29 is 5.11 Å². The maximum atomic E-state index is 10.3. The minimum atomic E-state index is -0.708. The third-order valence-corrected chi connectivity index (χ3v) is 3.63. The van der Waals surface area contributed by atoms with Gasteiger partial charge in [-0.05, 0) is 57.1 Å². The molecule has 1 aliphatic carbocycles. The number of nitrogens with zero attached hydrogens (tertiary/aromatic N) is 1. The monoisotopic (exact) mass is 263 g/mol. The van der Waals surface area contributed by atoms with Crippen LogP contribution in [0.4, 0.5) is 5.69 Å². The average Bonchev–Trinajstić information content (AvgIpc) is 2.67. The summed E-state index contributed by atoms with van der Waals surface area (Å²) in [6, 6.07) is 6.46. The highest BCUT2D eigenvalue weighted by Crippen LogP contribution is 2.32. The Morgan fingerprint density at radius 2 is 2.21 bits per heavy atom. The Morgan fingerprint density at radius 1 is 1.47 bits per heavy atom. The van der Waals surface area contributed by atoms with Gasteiger partial charge in [0.15, 0.2) is 0 Å². The molecule has 0 spiro atoms. The predicted molar refractivity (Wildman–Crippen MR) is 79.1 cm³/mol. The van der Waals surface area contributed by atoms with Crippen LogP contribution in [0.5, 0.6) is 0 Å². The van der Waals surface area contributed by atoms with Crippen LogP contribution >= 0.6 is 0 Å². The Kier molecular flexibility index (Phi) is 4.13. The Balaban J connectivity index is 1.96. The van der Waals surface area contributed by atoms with Crippen LogP contribution in [-0.4, -0.2) is 42.8 Å². The first-order valence-electron chi connectivity index (χ1n) is 6.86. The minimum absolute atomic E-state index is 0.337. The number of aryl methyl sites for hydroxylation is 1. The van der Waals surface area contributed by atoms with Crippen molar-refractivity contribution in [2.24, 2.45) is 0 Å². The summed E-state index contributed by atoms with van der Waals surface area (Å²) < 4.78 is 0. The molecule has 0 fully saturated rings. The number of benzene rings is 1. The Morgan fingerprint density at radius 3 is 2.89 bits per heavy atom. The summed E-state index contributed by atoms with van der Waals surface area (Å²) in [4.78, 5) is 2.00. The molecule has 0 saturated carbocycles. The fraction of sp³-hybridized carbons (Fsp3) is 0.600. The molecule has 4 nitrogen and oxygen atoms in total. The van der Waals surface area contributed by atoms with Crippen molar-refractivity contribution in [2.45, 2.75) is 31.4 Å². The first-order valence-corrected chi connectivity index (χ1v) is 6.86. The van der Waals surface area contributed by atoms with Crippen LogP contribution < -0.4 is 11.1 Å². The number of hydrogen-bond acceptors (Lipinski definition) is 4. The number of aliphatic hydroxyl groups is 1. The van der Waals surface area contributed by atoms with E-state index in [2.05, 4.69) is 17.4 Å². The van der Waals surface area contributed by atoms with E-state index in [-0.39, 0.29) is 0 Å². The highest BCUT2D eigenvalue weighted by atomic mass is 16.3. The zero-order chi connectivity index (χ0) is 14.0. The third kappa shape index (κ3) is 3.69. The van der Waals surface area contributed by atoms with E-state index in [1.54, 1.807) is 0 Å². The molecule has 1 aromatic carbocycles. The average molecular weight is 263 g/mol. The number of anilines is 1. The molecule has 19 heavy (non-hydrogen) atoms. The van der Waals surface area contributed by atoms with Crippen molar-refractivity contribution in [1.82, 2.24) is 10.2 Å². The van der Waals surface area contributed by atoms with E-state index in [1.807, 2.05) is 32.0 Å². The summed E-state index contributed by atoms with van der Waals surface area (Å²) in [7, 11) is 3.95. The molecule has 1 aliphatic rings. The van der Waals surface area contributed by atoms with Crippen molar-refractivity contribution in [2.75, 3.05) is 32.9 Å². The van der Waals surface area contributed by atoms with Crippen LogP contribution in [0.25, 0.3) is 0 Å². The van der Waals surface area contributed by atoms with E-state index in [9.17, 15) is 5.11 Å². The van der Waals surface area contributed by atoms with Crippen LogP contribution in [0.1, 0.15) is 30.5 Å². The number of rotatable bonds is 5. The standard InChI is InChI=1S/C15H25N3O/c1-15(19,10-18(2)3)9-17-14-7-4-11-8-12(16)5-6-13(11)14/h5-6,8,14,17,19H,4,7,9-10,16H2,1-3H3. The lowest BCUT2D eigenvalue weighted by Gasteiger charge is -2.29. The van der Waals surface area contributed by atoms with Crippen LogP contribution in [0, 0.1) is 0 Å².